The van der Waals surface area contributed by atoms with Crippen molar-refractivity contribution in [1.82, 2.24) is 4.98 Å². The van der Waals surface area contributed by atoms with Gasteiger partial charge in [-0.1, -0.05) is 29.3 Å². The summed E-state index contributed by atoms with van der Waals surface area (Å²) < 4.78 is 5.26. The van der Waals surface area contributed by atoms with Crippen molar-refractivity contribution in [3.63, 3.8) is 0 Å². The van der Waals surface area contributed by atoms with Crippen molar-refractivity contribution in [2.24, 2.45) is 0 Å². The van der Waals surface area contributed by atoms with E-state index >= 15 is 0 Å². The molecule has 0 saturated carbocycles. The molecule has 3 rings (SSSR count). The molecule has 0 unspecified atom stereocenters. The molecule has 4 heteroatoms. The SMILES string of the molecule is Cc1ccc2nc(-c3cccc(Cl)c3)oc(=O)c2c1. The summed E-state index contributed by atoms with van der Waals surface area (Å²) in [5, 5.41) is 1.07. The first kappa shape index (κ1) is 11.9. The van der Waals surface area contributed by atoms with Crippen LogP contribution in [0.15, 0.2) is 51.7 Å². The highest BCUT2D eigenvalue weighted by atomic mass is 35.5. The van der Waals surface area contributed by atoms with Gasteiger partial charge in [-0.15, -0.1) is 0 Å². The van der Waals surface area contributed by atoms with Gasteiger partial charge in [-0.05, 0) is 37.3 Å². The quantitative estimate of drug-likeness (QED) is 0.676. The summed E-state index contributed by atoms with van der Waals surface area (Å²) in [6, 6.07) is 12.6. The number of aryl methyl sites for hydroxylation is 1. The molecule has 0 bridgehead atoms. The highest BCUT2D eigenvalue weighted by Gasteiger charge is 2.08. The first-order valence-electron chi connectivity index (χ1n) is 5.81. The molecule has 0 aliphatic rings. The lowest BCUT2D eigenvalue weighted by atomic mass is 10.1. The monoisotopic (exact) mass is 271 g/mol. The highest BCUT2D eigenvalue weighted by molar-refractivity contribution is 6.30. The lowest BCUT2D eigenvalue weighted by Crippen LogP contribution is -2.03. The smallest absolute Gasteiger partial charge is 0.347 e. The van der Waals surface area contributed by atoms with Gasteiger partial charge in [0.05, 0.1) is 10.9 Å². The van der Waals surface area contributed by atoms with Crippen LogP contribution in [0.4, 0.5) is 0 Å². The summed E-state index contributed by atoms with van der Waals surface area (Å²) in [4.78, 5) is 16.3. The third-order valence-corrected chi connectivity index (χ3v) is 3.09. The van der Waals surface area contributed by atoms with Crippen LogP contribution in [0.25, 0.3) is 22.4 Å². The number of fused-ring (bicyclic) bond motifs is 1. The van der Waals surface area contributed by atoms with Gasteiger partial charge in [0, 0.05) is 10.6 Å². The van der Waals surface area contributed by atoms with Crippen molar-refractivity contribution in [3.8, 4) is 11.5 Å². The third-order valence-electron chi connectivity index (χ3n) is 2.85. The molecule has 94 valence electrons. The summed E-state index contributed by atoms with van der Waals surface area (Å²) >= 11 is 5.93. The normalized spacial score (nSPS) is 10.8. The van der Waals surface area contributed by atoms with E-state index in [1.165, 1.54) is 0 Å². The van der Waals surface area contributed by atoms with Crippen molar-refractivity contribution in [2.75, 3.05) is 0 Å². The second kappa shape index (κ2) is 4.52. The molecule has 0 amide bonds. The van der Waals surface area contributed by atoms with E-state index in [9.17, 15) is 4.79 Å². The number of halogens is 1. The molecule has 19 heavy (non-hydrogen) atoms. The highest BCUT2D eigenvalue weighted by Crippen LogP contribution is 2.22. The third kappa shape index (κ3) is 2.25. The number of hydrogen-bond acceptors (Lipinski definition) is 3. The maximum Gasteiger partial charge on any atom is 0.347 e. The molecule has 3 nitrogen and oxygen atoms in total. The van der Waals surface area contributed by atoms with Gasteiger partial charge in [0.15, 0.2) is 0 Å². The van der Waals surface area contributed by atoms with E-state index in [1.807, 2.05) is 19.1 Å². The summed E-state index contributed by atoms with van der Waals surface area (Å²) in [5.74, 6) is 0.281. The van der Waals surface area contributed by atoms with Crippen LogP contribution in [0.1, 0.15) is 5.56 Å². The second-order valence-corrected chi connectivity index (χ2v) is 4.77. The lowest BCUT2D eigenvalue weighted by Gasteiger charge is -2.02. The first-order valence-corrected chi connectivity index (χ1v) is 6.19. The molecular weight excluding hydrogens is 262 g/mol. The van der Waals surface area contributed by atoms with Gasteiger partial charge < -0.3 is 4.42 Å². The fraction of sp³-hybridized carbons (Fsp3) is 0.0667. The molecule has 1 heterocycles. The Labute approximate surface area is 114 Å². The van der Waals surface area contributed by atoms with Crippen LogP contribution in [-0.2, 0) is 0 Å². The Morgan fingerprint density at radius 2 is 2.00 bits per heavy atom. The number of nitrogens with zero attached hydrogens (tertiary/aromatic N) is 1. The van der Waals surface area contributed by atoms with Gasteiger partial charge in [0.2, 0.25) is 5.89 Å². The topological polar surface area (TPSA) is 43.1 Å². The standard InChI is InChI=1S/C15H10ClNO2/c1-9-5-6-13-12(7-9)15(18)19-14(17-13)10-3-2-4-11(16)8-10/h2-8H,1H3. The fourth-order valence-electron chi connectivity index (χ4n) is 1.93. The Morgan fingerprint density at radius 1 is 1.16 bits per heavy atom. The van der Waals surface area contributed by atoms with Crippen LogP contribution in [0.5, 0.6) is 0 Å². The number of hydrogen-bond donors (Lipinski definition) is 0. The van der Waals surface area contributed by atoms with Crippen LogP contribution in [0.2, 0.25) is 5.02 Å². The van der Waals surface area contributed by atoms with E-state index in [-0.39, 0.29) is 11.5 Å². The first-order chi connectivity index (χ1) is 9.13. The average Bonchev–Trinajstić information content (AvgIpc) is 2.39. The van der Waals surface area contributed by atoms with E-state index < -0.39 is 0 Å². The summed E-state index contributed by atoms with van der Waals surface area (Å²) in [7, 11) is 0. The van der Waals surface area contributed by atoms with Crippen molar-refractivity contribution in [3.05, 3.63) is 63.5 Å². The predicted octanol–water partition coefficient (Wildman–Crippen LogP) is 3.82. The van der Waals surface area contributed by atoms with Crippen LogP contribution >= 0.6 is 11.6 Å². The van der Waals surface area contributed by atoms with Crippen molar-refractivity contribution in [2.45, 2.75) is 6.92 Å². The molecule has 2 aromatic carbocycles. The molecular formula is C15H10ClNO2. The molecule has 0 aliphatic carbocycles. The summed E-state index contributed by atoms with van der Waals surface area (Å²) in [6.07, 6.45) is 0. The Bertz CT molecular complexity index is 824. The zero-order chi connectivity index (χ0) is 13.4. The molecule has 3 aromatic rings. The van der Waals surface area contributed by atoms with Crippen molar-refractivity contribution >= 4 is 22.5 Å². The summed E-state index contributed by atoms with van der Waals surface area (Å²) in [6.45, 7) is 1.92. The van der Waals surface area contributed by atoms with Crippen LogP contribution < -0.4 is 5.63 Å². The molecule has 0 fully saturated rings. The van der Waals surface area contributed by atoms with E-state index in [0.717, 1.165) is 5.56 Å². The van der Waals surface area contributed by atoms with Crippen LogP contribution in [-0.4, -0.2) is 4.98 Å². The average molecular weight is 272 g/mol. The molecule has 0 spiro atoms. The minimum Gasteiger partial charge on any atom is -0.403 e. The zero-order valence-electron chi connectivity index (χ0n) is 10.2. The number of rotatable bonds is 1. The fourth-order valence-corrected chi connectivity index (χ4v) is 2.12. The predicted molar refractivity (Wildman–Crippen MR) is 75.5 cm³/mol. The maximum atomic E-state index is 12.0. The minimum atomic E-state index is -0.385. The minimum absolute atomic E-state index is 0.281. The number of benzene rings is 2. The van der Waals surface area contributed by atoms with Gasteiger partial charge >= 0.3 is 5.63 Å². The molecule has 1 aromatic heterocycles. The van der Waals surface area contributed by atoms with Crippen molar-refractivity contribution < 1.29 is 4.42 Å². The molecule has 0 aliphatic heterocycles. The van der Waals surface area contributed by atoms with Gasteiger partial charge in [0.25, 0.3) is 0 Å². The van der Waals surface area contributed by atoms with Gasteiger partial charge in [-0.25, -0.2) is 9.78 Å². The Hall–Kier alpha value is -2.13. The Balaban J connectivity index is 2.27. The van der Waals surface area contributed by atoms with E-state index in [1.54, 1.807) is 30.3 Å². The molecule has 0 N–H and O–H groups in total. The zero-order valence-corrected chi connectivity index (χ0v) is 10.9. The number of aromatic nitrogens is 1. The lowest BCUT2D eigenvalue weighted by molar-refractivity contribution is 0.518. The van der Waals surface area contributed by atoms with Crippen LogP contribution in [0.3, 0.4) is 0 Å². The van der Waals surface area contributed by atoms with E-state index in [0.29, 0.717) is 21.5 Å². The van der Waals surface area contributed by atoms with E-state index in [2.05, 4.69) is 4.98 Å². The second-order valence-electron chi connectivity index (χ2n) is 4.34. The summed E-state index contributed by atoms with van der Waals surface area (Å²) in [5.41, 5.74) is 1.92. The van der Waals surface area contributed by atoms with Gasteiger partial charge in [-0.2, -0.15) is 0 Å². The molecule has 0 atom stereocenters. The van der Waals surface area contributed by atoms with Crippen molar-refractivity contribution in [1.29, 1.82) is 0 Å². The molecule has 0 saturated heterocycles. The maximum absolute atomic E-state index is 12.0. The van der Waals surface area contributed by atoms with E-state index in [4.69, 9.17) is 16.0 Å². The Kier molecular flexibility index (Phi) is 2.84. The largest absolute Gasteiger partial charge is 0.403 e. The van der Waals surface area contributed by atoms with Gasteiger partial charge in [0.1, 0.15) is 0 Å². The van der Waals surface area contributed by atoms with Gasteiger partial charge in [-0.3, -0.25) is 0 Å². The van der Waals surface area contributed by atoms with Crippen LogP contribution in [0, 0.1) is 6.92 Å². The Morgan fingerprint density at radius 3 is 2.79 bits per heavy atom. The molecule has 0 radical (unpaired) electrons.